The van der Waals surface area contributed by atoms with Gasteiger partial charge in [-0.15, -0.1) is 11.8 Å². The van der Waals surface area contributed by atoms with Gasteiger partial charge in [0.1, 0.15) is 0 Å². The Balaban J connectivity index is 2.32. The van der Waals surface area contributed by atoms with Crippen LogP contribution >= 0.6 is 27.7 Å². The second kappa shape index (κ2) is 7.43. The Labute approximate surface area is 119 Å². The number of nitrogens with zero attached hydrogens (tertiary/aromatic N) is 1. The van der Waals surface area contributed by atoms with Crippen LogP contribution in [-0.4, -0.2) is 42.3 Å². The molecule has 4 nitrogen and oxygen atoms in total. The fourth-order valence-electron chi connectivity index (χ4n) is 1.12. The average Bonchev–Trinajstić information content (AvgIpc) is 2.28. The highest BCUT2D eigenvalue weighted by Crippen LogP contribution is 2.15. The quantitative estimate of drug-likeness (QED) is 0.900. The number of halogens is 1. The molecule has 0 aliphatic heterocycles. The number of amides is 2. The first kappa shape index (κ1) is 15.0. The Morgan fingerprint density at radius 3 is 2.67 bits per heavy atom. The number of hydrogen-bond acceptors (Lipinski definition) is 3. The fourth-order valence-corrected chi connectivity index (χ4v) is 2.32. The predicted molar refractivity (Wildman–Crippen MR) is 78.8 cm³/mol. The minimum atomic E-state index is -0.107. The normalized spacial score (nSPS) is 9.94. The Bertz CT molecular complexity index is 438. The lowest BCUT2D eigenvalue weighted by Gasteiger charge is -2.09. The number of rotatable bonds is 5. The van der Waals surface area contributed by atoms with Gasteiger partial charge in [-0.05, 0) is 18.2 Å². The van der Waals surface area contributed by atoms with Gasteiger partial charge in [0.25, 0.3) is 0 Å². The molecule has 0 heterocycles. The van der Waals surface area contributed by atoms with Crippen molar-refractivity contribution in [2.24, 2.45) is 0 Å². The molecule has 0 unspecified atom stereocenters. The molecule has 0 saturated heterocycles. The minimum Gasteiger partial charge on any atom is -0.348 e. The topological polar surface area (TPSA) is 49.4 Å². The molecule has 18 heavy (non-hydrogen) atoms. The summed E-state index contributed by atoms with van der Waals surface area (Å²) in [6.07, 6.45) is 0. The summed E-state index contributed by atoms with van der Waals surface area (Å²) in [5.74, 6) is 0.491. The second-order valence-corrected chi connectivity index (χ2v) is 5.74. The van der Waals surface area contributed by atoms with Crippen LogP contribution in [0.1, 0.15) is 0 Å². The standard InChI is InChI=1S/C12H15BrN2O2S/c1-15(2)12(17)8-18-7-11(16)14-10-5-3-4-9(13)6-10/h3-6H,7-8H2,1-2H3,(H,14,16). The van der Waals surface area contributed by atoms with Gasteiger partial charge in [-0.2, -0.15) is 0 Å². The first-order valence-electron chi connectivity index (χ1n) is 5.32. The number of anilines is 1. The van der Waals surface area contributed by atoms with Crippen molar-refractivity contribution in [3.05, 3.63) is 28.7 Å². The summed E-state index contributed by atoms with van der Waals surface area (Å²) in [6.45, 7) is 0. The molecule has 0 saturated carbocycles. The second-order valence-electron chi connectivity index (χ2n) is 3.84. The molecular formula is C12H15BrN2O2S. The largest absolute Gasteiger partial charge is 0.348 e. The van der Waals surface area contributed by atoms with Gasteiger partial charge in [0, 0.05) is 24.3 Å². The first-order valence-corrected chi connectivity index (χ1v) is 7.27. The van der Waals surface area contributed by atoms with E-state index >= 15 is 0 Å². The van der Waals surface area contributed by atoms with Gasteiger partial charge in [-0.25, -0.2) is 0 Å². The van der Waals surface area contributed by atoms with Crippen LogP contribution in [0.15, 0.2) is 28.7 Å². The summed E-state index contributed by atoms with van der Waals surface area (Å²) in [4.78, 5) is 24.4. The highest BCUT2D eigenvalue weighted by molar-refractivity contribution is 9.10. The van der Waals surface area contributed by atoms with E-state index in [1.807, 2.05) is 24.3 Å². The molecule has 0 aliphatic carbocycles. The highest BCUT2D eigenvalue weighted by Gasteiger charge is 2.07. The third-order valence-electron chi connectivity index (χ3n) is 2.07. The Morgan fingerprint density at radius 2 is 2.06 bits per heavy atom. The van der Waals surface area contributed by atoms with E-state index in [0.717, 1.165) is 10.2 Å². The Morgan fingerprint density at radius 1 is 1.33 bits per heavy atom. The van der Waals surface area contributed by atoms with E-state index in [2.05, 4.69) is 21.2 Å². The summed E-state index contributed by atoms with van der Waals surface area (Å²) in [6, 6.07) is 7.38. The van der Waals surface area contributed by atoms with Gasteiger partial charge in [0.15, 0.2) is 0 Å². The molecular weight excluding hydrogens is 316 g/mol. The van der Waals surface area contributed by atoms with Crippen LogP contribution in [-0.2, 0) is 9.59 Å². The van der Waals surface area contributed by atoms with Crippen molar-refractivity contribution in [1.29, 1.82) is 0 Å². The average molecular weight is 331 g/mol. The van der Waals surface area contributed by atoms with Crippen molar-refractivity contribution in [2.75, 3.05) is 30.9 Å². The molecule has 6 heteroatoms. The van der Waals surface area contributed by atoms with Gasteiger partial charge in [-0.1, -0.05) is 22.0 Å². The van der Waals surface area contributed by atoms with E-state index in [1.165, 1.54) is 16.7 Å². The molecule has 1 N–H and O–H groups in total. The van der Waals surface area contributed by atoms with Gasteiger partial charge in [0.2, 0.25) is 11.8 Å². The zero-order chi connectivity index (χ0) is 13.5. The van der Waals surface area contributed by atoms with E-state index in [0.29, 0.717) is 5.75 Å². The summed E-state index contributed by atoms with van der Waals surface area (Å²) >= 11 is 4.64. The lowest BCUT2D eigenvalue weighted by Crippen LogP contribution is -2.24. The summed E-state index contributed by atoms with van der Waals surface area (Å²) in [5, 5.41) is 2.77. The molecule has 1 aromatic carbocycles. The number of hydrogen-bond donors (Lipinski definition) is 1. The van der Waals surface area contributed by atoms with Crippen molar-refractivity contribution in [1.82, 2.24) is 4.90 Å². The zero-order valence-corrected chi connectivity index (χ0v) is 12.7. The Kier molecular flexibility index (Phi) is 6.21. The SMILES string of the molecule is CN(C)C(=O)CSCC(=O)Nc1cccc(Br)c1. The predicted octanol–water partition coefficient (Wildman–Crippen LogP) is 2.21. The van der Waals surface area contributed by atoms with E-state index in [4.69, 9.17) is 0 Å². The summed E-state index contributed by atoms with van der Waals surface area (Å²) < 4.78 is 0.913. The number of carbonyl (C=O) groups excluding carboxylic acids is 2. The third-order valence-corrected chi connectivity index (χ3v) is 3.48. The van der Waals surface area contributed by atoms with E-state index in [1.54, 1.807) is 14.1 Å². The molecule has 0 atom stereocenters. The van der Waals surface area contributed by atoms with Crippen molar-refractivity contribution in [3.8, 4) is 0 Å². The molecule has 2 amide bonds. The van der Waals surface area contributed by atoms with Crippen molar-refractivity contribution >= 4 is 45.2 Å². The maximum atomic E-state index is 11.6. The van der Waals surface area contributed by atoms with Crippen LogP contribution in [0.5, 0.6) is 0 Å². The lowest BCUT2D eigenvalue weighted by atomic mass is 10.3. The highest BCUT2D eigenvalue weighted by atomic mass is 79.9. The van der Waals surface area contributed by atoms with Gasteiger partial charge >= 0.3 is 0 Å². The lowest BCUT2D eigenvalue weighted by molar-refractivity contribution is -0.125. The smallest absolute Gasteiger partial charge is 0.234 e. The number of carbonyl (C=O) groups is 2. The van der Waals surface area contributed by atoms with Gasteiger partial charge in [-0.3, -0.25) is 9.59 Å². The molecule has 1 rings (SSSR count). The number of thioether (sulfide) groups is 1. The molecule has 98 valence electrons. The maximum absolute atomic E-state index is 11.6. The number of benzene rings is 1. The van der Waals surface area contributed by atoms with Crippen LogP contribution in [0, 0.1) is 0 Å². The van der Waals surface area contributed by atoms with E-state index < -0.39 is 0 Å². The molecule has 0 bridgehead atoms. The van der Waals surface area contributed by atoms with Gasteiger partial charge < -0.3 is 10.2 Å². The molecule has 0 aliphatic rings. The van der Waals surface area contributed by atoms with E-state index in [-0.39, 0.29) is 17.6 Å². The maximum Gasteiger partial charge on any atom is 0.234 e. The van der Waals surface area contributed by atoms with Crippen molar-refractivity contribution < 1.29 is 9.59 Å². The molecule has 0 aromatic heterocycles. The molecule has 0 radical (unpaired) electrons. The monoisotopic (exact) mass is 330 g/mol. The zero-order valence-electron chi connectivity index (χ0n) is 10.3. The third kappa shape index (κ3) is 5.55. The van der Waals surface area contributed by atoms with E-state index in [9.17, 15) is 9.59 Å². The van der Waals surface area contributed by atoms with Crippen molar-refractivity contribution in [2.45, 2.75) is 0 Å². The first-order chi connectivity index (χ1) is 8.49. The Hall–Kier alpha value is -1.01. The van der Waals surface area contributed by atoms with Crippen LogP contribution in [0.3, 0.4) is 0 Å². The molecule has 1 aromatic rings. The van der Waals surface area contributed by atoms with Crippen molar-refractivity contribution in [3.63, 3.8) is 0 Å². The van der Waals surface area contributed by atoms with Crippen LogP contribution in [0.2, 0.25) is 0 Å². The summed E-state index contributed by atoms with van der Waals surface area (Å²) in [5.41, 5.74) is 0.744. The molecule has 0 fully saturated rings. The van der Waals surface area contributed by atoms with Crippen LogP contribution < -0.4 is 5.32 Å². The van der Waals surface area contributed by atoms with Crippen LogP contribution in [0.4, 0.5) is 5.69 Å². The van der Waals surface area contributed by atoms with Gasteiger partial charge in [0.05, 0.1) is 11.5 Å². The number of nitrogens with one attached hydrogen (secondary N) is 1. The van der Waals surface area contributed by atoms with Crippen LogP contribution in [0.25, 0.3) is 0 Å². The molecule has 0 spiro atoms. The summed E-state index contributed by atoms with van der Waals surface area (Å²) in [7, 11) is 3.40. The fraction of sp³-hybridized carbons (Fsp3) is 0.333. The minimum absolute atomic E-state index is 0.00950.